The fourth-order valence-corrected chi connectivity index (χ4v) is 4.95. The summed E-state index contributed by atoms with van der Waals surface area (Å²) in [5, 5.41) is 7.95. The molecule has 186 valence electrons. The van der Waals surface area contributed by atoms with E-state index in [9.17, 15) is 13.2 Å². The molecule has 5 aromatic rings. The van der Waals surface area contributed by atoms with Crippen LogP contribution in [0.5, 0.6) is 5.75 Å². The number of fused-ring (bicyclic) bond motifs is 3. The van der Waals surface area contributed by atoms with E-state index in [-0.39, 0.29) is 10.6 Å². The van der Waals surface area contributed by atoms with Gasteiger partial charge < -0.3 is 9.72 Å². The van der Waals surface area contributed by atoms with E-state index >= 15 is 0 Å². The van der Waals surface area contributed by atoms with Crippen molar-refractivity contribution < 1.29 is 13.2 Å². The highest BCUT2D eigenvalue weighted by Gasteiger charge is 2.22. The van der Waals surface area contributed by atoms with Gasteiger partial charge in [0.05, 0.1) is 22.8 Å². The summed E-state index contributed by atoms with van der Waals surface area (Å²) in [6.07, 6.45) is 5.84. The molecule has 0 amide bonds. The molecule has 0 aliphatic rings. The topological polar surface area (TPSA) is 149 Å². The van der Waals surface area contributed by atoms with Gasteiger partial charge >= 0.3 is 5.69 Å². The molecule has 4 aromatic heterocycles. The number of aromatic amines is 1. The Bertz CT molecular complexity index is 1710. The van der Waals surface area contributed by atoms with Crippen LogP contribution in [0.1, 0.15) is 26.7 Å². The van der Waals surface area contributed by atoms with E-state index < -0.39 is 10.0 Å². The van der Waals surface area contributed by atoms with Gasteiger partial charge in [0.25, 0.3) is 10.0 Å². The third-order valence-corrected chi connectivity index (χ3v) is 6.89. The molecular weight excluding hydrogens is 484 g/mol. The third kappa shape index (κ3) is 4.17. The monoisotopic (exact) mass is 508 g/mol. The smallest absolute Gasteiger partial charge is 0.336 e. The van der Waals surface area contributed by atoms with Crippen LogP contribution in [0.4, 0.5) is 5.69 Å². The van der Waals surface area contributed by atoms with Gasteiger partial charge in [-0.1, -0.05) is 13.8 Å². The van der Waals surface area contributed by atoms with E-state index in [0.717, 1.165) is 6.42 Å². The van der Waals surface area contributed by atoms with Gasteiger partial charge in [0.15, 0.2) is 11.3 Å². The molecule has 5 rings (SSSR count). The van der Waals surface area contributed by atoms with Crippen LogP contribution in [-0.2, 0) is 16.6 Å². The third-order valence-electron chi connectivity index (χ3n) is 5.51. The van der Waals surface area contributed by atoms with E-state index in [1.807, 2.05) is 13.8 Å². The first kappa shape index (κ1) is 23.5. The fraction of sp³-hybridized carbons (Fsp3) is 0.261. The van der Waals surface area contributed by atoms with Crippen molar-refractivity contribution in [1.82, 2.24) is 34.1 Å². The summed E-state index contributed by atoms with van der Waals surface area (Å²) in [5.74, 6) is 0.804. The number of aryl methyl sites for hydroxylation is 1. The molecule has 1 aromatic carbocycles. The predicted molar refractivity (Wildman–Crippen MR) is 133 cm³/mol. The Morgan fingerprint density at radius 2 is 1.89 bits per heavy atom. The molecule has 0 aliphatic carbocycles. The summed E-state index contributed by atoms with van der Waals surface area (Å²) in [5.41, 5.74) is 1.77. The van der Waals surface area contributed by atoms with Gasteiger partial charge in [-0.05, 0) is 43.2 Å². The van der Waals surface area contributed by atoms with Gasteiger partial charge in [0.1, 0.15) is 23.4 Å². The average Bonchev–Trinajstić information content (AvgIpc) is 3.53. The predicted octanol–water partition coefficient (Wildman–Crippen LogP) is 2.83. The molecule has 36 heavy (non-hydrogen) atoms. The van der Waals surface area contributed by atoms with E-state index in [1.165, 1.54) is 35.3 Å². The van der Waals surface area contributed by atoms with Crippen LogP contribution < -0.4 is 15.1 Å². The number of imidazole rings is 1. The Morgan fingerprint density at radius 1 is 1.08 bits per heavy atom. The van der Waals surface area contributed by atoms with E-state index in [2.05, 4.69) is 24.9 Å². The van der Waals surface area contributed by atoms with Crippen molar-refractivity contribution in [3.63, 3.8) is 0 Å². The first-order valence-corrected chi connectivity index (χ1v) is 12.9. The van der Waals surface area contributed by atoms with Crippen LogP contribution >= 0.6 is 0 Å². The second-order valence-corrected chi connectivity index (χ2v) is 9.77. The molecule has 4 heterocycles. The number of hydrogen-bond acceptors (Lipinski definition) is 8. The number of aromatic nitrogens is 7. The molecule has 0 atom stereocenters. The lowest BCUT2D eigenvalue weighted by Gasteiger charge is -2.13. The normalized spacial score (nSPS) is 11.8. The SMILES string of the molecule is CCCOc1ccc(S(=O)(=O)Nc2ccncc2)cc1-c1nc2c([nH]1)c1nncn1c(=O)n2CCC. The molecule has 0 fully saturated rings. The van der Waals surface area contributed by atoms with E-state index in [1.54, 1.807) is 22.8 Å². The maximum absolute atomic E-state index is 13.1. The molecule has 0 saturated carbocycles. The fourth-order valence-electron chi connectivity index (χ4n) is 3.87. The van der Waals surface area contributed by atoms with Gasteiger partial charge in [-0.15, -0.1) is 10.2 Å². The van der Waals surface area contributed by atoms with Crippen LogP contribution in [0.2, 0.25) is 0 Å². The minimum absolute atomic E-state index is 0.0252. The largest absolute Gasteiger partial charge is 0.493 e. The lowest BCUT2D eigenvalue weighted by Crippen LogP contribution is -2.26. The molecule has 0 saturated heterocycles. The van der Waals surface area contributed by atoms with Crippen LogP contribution in [0.3, 0.4) is 0 Å². The number of benzene rings is 1. The quantitative estimate of drug-likeness (QED) is 0.309. The number of sulfonamides is 1. The minimum atomic E-state index is -3.92. The van der Waals surface area contributed by atoms with Crippen molar-refractivity contribution in [2.75, 3.05) is 11.3 Å². The summed E-state index contributed by atoms with van der Waals surface area (Å²) in [6, 6.07) is 7.70. The molecule has 2 N–H and O–H groups in total. The van der Waals surface area contributed by atoms with Crippen LogP contribution in [0, 0.1) is 0 Å². The number of pyridine rings is 1. The highest BCUT2D eigenvalue weighted by molar-refractivity contribution is 7.92. The Morgan fingerprint density at radius 3 is 2.64 bits per heavy atom. The molecular formula is C23H24N8O4S. The van der Waals surface area contributed by atoms with Gasteiger partial charge in [0, 0.05) is 18.9 Å². The molecule has 0 unspecified atom stereocenters. The van der Waals surface area contributed by atoms with Crippen molar-refractivity contribution in [2.45, 2.75) is 38.1 Å². The highest BCUT2D eigenvalue weighted by Crippen LogP contribution is 2.33. The Labute approximate surface area is 206 Å². The lowest BCUT2D eigenvalue weighted by atomic mass is 10.2. The van der Waals surface area contributed by atoms with Crippen molar-refractivity contribution in [3.05, 3.63) is 59.5 Å². The zero-order valence-corrected chi connectivity index (χ0v) is 20.5. The van der Waals surface area contributed by atoms with Crippen LogP contribution in [-0.4, -0.2) is 49.1 Å². The zero-order valence-electron chi connectivity index (χ0n) is 19.7. The van der Waals surface area contributed by atoms with Gasteiger partial charge in [-0.2, -0.15) is 0 Å². The maximum Gasteiger partial charge on any atom is 0.336 e. The molecule has 0 bridgehead atoms. The minimum Gasteiger partial charge on any atom is -0.493 e. The summed E-state index contributed by atoms with van der Waals surface area (Å²) >= 11 is 0. The number of ether oxygens (including phenoxy) is 1. The van der Waals surface area contributed by atoms with Crippen molar-refractivity contribution in [2.24, 2.45) is 0 Å². The average molecular weight is 509 g/mol. The Hall–Kier alpha value is -4.26. The van der Waals surface area contributed by atoms with E-state index in [4.69, 9.17) is 9.72 Å². The number of nitrogens with one attached hydrogen (secondary N) is 2. The zero-order chi connectivity index (χ0) is 25.3. The van der Waals surface area contributed by atoms with Crippen molar-refractivity contribution >= 4 is 32.5 Å². The number of H-pyrrole nitrogens is 1. The maximum atomic E-state index is 13.1. The van der Waals surface area contributed by atoms with Crippen LogP contribution in [0.15, 0.2) is 58.7 Å². The molecule has 13 heteroatoms. The first-order chi connectivity index (χ1) is 17.4. The van der Waals surface area contributed by atoms with Gasteiger partial charge in [-0.25, -0.2) is 22.6 Å². The number of hydrogen-bond donors (Lipinski definition) is 2. The Kier molecular flexibility index (Phi) is 6.14. The molecule has 0 spiro atoms. The first-order valence-electron chi connectivity index (χ1n) is 11.4. The second-order valence-electron chi connectivity index (χ2n) is 8.09. The number of anilines is 1. The summed E-state index contributed by atoms with van der Waals surface area (Å²) < 4.78 is 37.6. The molecule has 0 aliphatic heterocycles. The van der Waals surface area contributed by atoms with Crippen LogP contribution in [0.25, 0.3) is 28.2 Å². The number of nitrogens with zero attached hydrogens (tertiary/aromatic N) is 6. The summed E-state index contributed by atoms with van der Waals surface area (Å²) in [7, 11) is -3.92. The summed E-state index contributed by atoms with van der Waals surface area (Å²) in [6.45, 7) is 4.81. The van der Waals surface area contributed by atoms with Gasteiger partial charge in [0.2, 0.25) is 0 Å². The summed E-state index contributed by atoms with van der Waals surface area (Å²) in [4.78, 5) is 24.8. The van der Waals surface area contributed by atoms with E-state index in [0.29, 0.717) is 59.2 Å². The Balaban J connectivity index is 1.68. The highest BCUT2D eigenvalue weighted by atomic mass is 32.2. The number of rotatable bonds is 9. The van der Waals surface area contributed by atoms with Gasteiger partial charge in [-0.3, -0.25) is 14.3 Å². The standard InChI is InChI=1S/C23H24N8O4S/c1-3-11-30-21-19(22-28-25-14-31(22)23(30)32)26-20(27-21)17-13-16(5-6-18(17)35-12-4-2)36(33,34)29-15-7-9-24-10-8-15/h5-10,13-14H,3-4,11-12H2,1-2H3,(H,24,29)(H,26,27). The molecule has 12 nitrogen and oxygen atoms in total. The van der Waals surface area contributed by atoms with Crippen molar-refractivity contribution in [3.8, 4) is 17.1 Å². The second kappa shape index (κ2) is 9.41. The van der Waals surface area contributed by atoms with Crippen molar-refractivity contribution in [1.29, 1.82) is 0 Å². The molecule has 0 radical (unpaired) electrons. The lowest BCUT2D eigenvalue weighted by molar-refractivity contribution is 0.318.